The third kappa shape index (κ3) is 3.07. The molecular weight excluding hydrogens is 202 g/mol. The van der Waals surface area contributed by atoms with Crippen molar-refractivity contribution in [2.75, 3.05) is 13.1 Å². The van der Waals surface area contributed by atoms with Crippen LogP contribution in [0.3, 0.4) is 0 Å². The molecule has 0 bridgehead atoms. The van der Waals surface area contributed by atoms with E-state index >= 15 is 0 Å². The van der Waals surface area contributed by atoms with Gasteiger partial charge in [0, 0.05) is 13.1 Å². The zero-order valence-corrected chi connectivity index (χ0v) is 9.34. The molecule has 0 aliphatic carbocycles. The maximum atomic E-state index is 10.7. The molecule has 0 radical (unpaired) electrons. The van der Waals surface area contributed by atoms with Crippen LogP contribution >= 0.6 is 0 Å². The third-order valence-electron chi connectivity index (χ3n) is 2.89. The van der Waals surface area contributed by atoms with Gasteiger partial charge in [-0.05, 0) is 18.4 Å². The summed E-state index contributed by atoms with van der Waals surface area (Å²) in [5.41, 5.74) is 1.19. The van der Waals surface area contributed by atoms with Crippen molar-refractivity contribution in [1.29, 1.82) is 0 Å². The number of hydrogen-bond acceptors (Lipinski definition) is 2. The Bertz CT molecular complexity index is 326. The van der Waals surface area contributed by atoms with Crippen molar-refractivity contribution < 1.29 is 9.53 Å². The van der Waals surface area contributed by atoms with Gasteiger partial charge in [0.2, 0.25) is 6.41 Å². The Morgan fingerprint density at radius 2 is 2.19 bits per heavy atom. The highest BCUT2D eigenvalue weighted by Crippen LogP contribution is 2.13. The fourth-order valence-electron chi connectivity index (χ4n) is 1.99. The Morgan fingerprint density at radius 3 is 2.94 bits per heavy atom. The Hall–Kier alpha value is -1.35. The topological polar surface area (TPSA) is 29.5 Å². The molecule has 1 atom stereocenters. The highest BCUT2D eigenvalue weighted by Gasteiger charge is 2.18. The van der Waals surface area contributed by atoms with E-state index in [9.17, 15) is 4.79 Å². The fraction of sp³-hybridized carbons (Fsp3) is 0.462. The summed E-state index contributed by atoms with van der Waals surface area (Å²) < 4.78 is 5.80. The van der Waals surface area contributed by atoms with E-state index < -0.39 is 0 Å². The van der Waals surface area contributed by atoms with Gasteiger partial charge in [-0.15, -0.1) is 0 Å². The van der Waals surface area contributed by atoms with E-state index in [1.165, 1.54) is 5.56 Å². The molecule has 0 aromatic heterocycles. The Morgan fingerprint density at radius 1 is 1.38 bits per heavy atom. The zero-order chi connectivity index (χ0) is 11.2. The molecule has 1 aromatic rings. The standard InChI is InChI=1S/C13H17NO2/c15-11-14-8-4-7-13(9-14)16-10-12-5-2-1-3-6-12/h1-3,5-6,11,13H,4,7-10H2. The lowest BCUT2D eigenvalue weighted by atomic mass is 10.1. The summed E-state index contributed by atoms with van der Waals surface area (Å²) in [6.45, 7) is 2.24. The molecule has 1 saturated heterocycles. The molecule has 2 rings (SSSR count). The van der Waals surface area contributed by atoms with Gasteiger partial charge in [0.15, 0.2) is 0 Å². The fourth-order valence-corrected chi connectivity index (χ4v) is 1.99. The molecule has 1 aliphatic rings. The first-order valence-corrected chi connectivity index (χ1v) is 5.73. The molecule has 16 heavy (non-hydrogen) atoms. The lowest BCUT2D eigenvalue weighted by Crippen LogP contribution is -2.38. The van der Waals surface area contributed by atoms with Crippen LogP contribution in [0.5, 0.6) is 0 Å². The number of carbonyl (C=O) groups excluding carboxylic acids is 1. The molecule has 86 valence electrons. The van der Waals surface area contributed by atoms with Crippen molar-refractivity contribution in [3.63, 3.8) is 0 Å². The second kappa shape index (κ2) is 5.66. The van der Waals surface area contributed by atoms with E-state index in [0.717, 1.165) is 32.3 Å². The van der Waals surface area contributed by atoms with Crippen LogP contribution in [0.25, 0.3) is 0 Å². The number of piperidine rings is 1. The number of carbonyl (C=O) groups is 1. The van der Waals surface area contributed by atoms with Crippen LogP contribution < -0.4 is 0 Å². The number of likely N-dealkylation sites (tertiary alicyclic amines) is 1. The smallest absolute Gasteiger partial charge is 0.209 e. The minimum absolute atomic E-state index is 0.194. The highest BCUT2D eigenvalue weighted by atomic mass is 16.5. The van der Waals surface area contributed by atoms with Crippen molar-refractivity contribution in [3.8, 4) is 0 Å². The van der Waals surface area contributed by atoms with Crippen LogP contribution in [0.15, 0.2) is 30.3 Å². The molecule has 0 N–H and O–H groups in total. The van der Waals surface area contributed by atoms with Gasteiger partial charge in [-0.2, -0.15) is 0 Å². The van der Waals surface area contributed by atoms with Gasteiger partial charge < -0.3 is 9.64 Å². The van der Waals surface area contributed by atoms with Gasteiger partial charge in [0.1, 0.15) is 0 Å². The van der Waals surface area contributed by atoms with Crippen LogP contribution in [0.2, 0.25) is 0 Å². The minimum atomic E-state index is 0.194. The first-order chi connectivity index (χ1) is 7.88. The van der Waals surface area contributed by atoms with Gasteiger partial charge in [0.05, 0.1) is 12.7 Å². The maximum Gasteiger partial charge on any atom is 0.209 e. The molecule has 3 nitrogen and oxygen atoms in total. The monoisotopic (exact) mass is 219 g/mol. The van der Waals surface area contributed by atoms with E-state index in [4.69, 9.17) is 4.74 Å². The van der Waals surface area contributed by atoms with E-state index in [1.807, 2.05) is 18.2 Å². The van der Waals surface area contributed by atoms with E-state index in [-0.39, 0.29) is 6.10 Å². The van der Waals surface area contributed by atoms with Crippen molar-refractivity contribution in [2.24, 2.45) is 0 Å². The van der Waals surface area contributed by atoms with E-state index in [2.05, 4.69) is 12.1 Å². The minimum Gasteiger partial charge on any atom is -0.372 e. The number of nitrogens with zero attached hydrogens (tertiary/aromatic N) is 1. The highest BCUT2D eigenvalue weighted by molar-refractivity contribution is 5.47. The largest absolute Gasteiger partial charge is 0.372 e. The van der Waals surface area contributed by atoms with Gasteiger partial charge in [0.25, 0.3) is 0 Å². The number of amides is 1. The molecule has 1 unspecified atom stereocenters. The van der Waals surface area contributed by atoms with Crippen LogP contribution in [-0.2, 0) is 16.1 Å². The average Bonchev–Trinajstić information content (AvgIpc) is 2.38. The van der Waals surface area contributed by atoms with Gasteiger partial charge in [-0.3, -0.25) is 4.79 Å². The second-order valence-corrected chi connectivity index (χ2v) is 4.16. The predicted octanol–water partition coefficient (Wildman–Crippen LogP) is 1.82. The Kier molecular flexibility index (Phi) is 3.94. The lowest BCUT2D eigenvalue weighted by Gasteiger charge is -2.29. The first-order valence-electron chi connectivity index (χ1n) is 5.73. The van der Waals surface area contributed by atoms with Crippen molar-refractivity contribution in [2.45, 2.75) is 25.6 Å². The molecule has 1 amide bonds. The van der Waals surface area contributed by atoms with Gasteiger partial charge in [-0.1, -0.05) is 30.3 Å². The summed E-state index contributed by atoms with van der Waals surface area (Å²) in [7, 11) is 0. The summed E-state index contributed by atoms with van der Waals surface area (Å²) in [6.07, 6.45) is 3.20. The molecular formula is C13H17NO2. The van der Waals surface area contributed by atoms with Crippen LogP contribution in [0.4, 0.5) is 0 Å². The maximum absolute atomic E-state index is 10.7. The van der Waals surface area contributed by atoms with Crippen LogP contribution in [-0.4, -0.2) is 30.5 Å². The van der Waals surface area contributed by atoms with Gasteiger partial charge >= 0.3 is 0 Å². The first kappa shape index (κ1) is 11.1. The molecule has 1 fully saturated rings. The molecule has 0 spiro atoms. The quantitative estimate of drug-likeness (QED) is 0.723. The SMILES string of the molecule is O=CN1CCCC(OCc2ccccc2)C1. The number of hydrogen-bond donors (Lipinski definition) is 0. The second-order valence-electron chi connectivity index (χ2n) is 4.16. The van der Waals surface area contributed by atoms with E-state index in [0.29, 0.717) is 6.61 Å². The summed E-state index contributed by atoms with van der Waals surface area (Å²) in [5.74, 6) is 0. The van der Waals surface area contributed by atoms with Crippen molar-refractivity contribution in [3.05, 3.63) is 35.9 Å². The normalized spacial score (nSPS) is 20.8. The predicted molar refractivity (Wildman–Crippen MR) is 61.9 cm³/mol. The molecule has 1 aromatic carbocycles. The third-order valence-corrected chi connectivity index (χ3v) is 2.89. The van der Waals surface area contributed by atoms with E-state index in [1.54, 1.807) is 4.90 Å². The van der Waals surface area contributed by atoms with Crippen molar-refractivity contribution in [1.82, 2.24) is 4.90 Å². The number of rotatable bonds is 4. The lowest BCUT2D eigenvalue weighted by molar-refractivity contribution is -0.122. The zero-order valence-electron chi connectivity index (χ0n) is 9.34. The van der Waals surface area contributed by atoms with Crippen LogP contribution in [0.1, 0.15) is 18.4 Å². The molecule has 1 heterocycles. The number of ether oxygens (including phenoxy) is 1. The van der Waals surface area contributed by atoms with Gasteiger partial charge in [-0.25, -0.2) is 0 Å². The summed E-state index contributed by atoms with van der Waals surface area (Å²) in [5, 5.41) is 0. The molecule has 0 saturated carbocycles. The van der Waals surface area contributed by atoms with Crippen molar-refractivity contribution >= 4 is 6.41 Å². The summed E-state index contributed by atoms with van der Waals surface area (Å²) >= 11 is 0. The summed E-state index contributed by atoms with van der Waals surface area (Å²) in [4.78, 5) is 12.4. The Labute approximate surface area is 96.0 Å². The average molecular weight is 219 g/mol. The Balaban J connectivity index is 1.79. The molecule has 1 aliphatic heterocycles. The number of benzene rings is 1. The summed E-state index contributed by atoms with van der Waals surface area (Å²) in [6, 6.07) is 10.1. The molecule has 3 heteroatoms. The van der Waals surface area contributed by atoms with Crippen LogP contribution in [0, 0.1) is 0 Å².